The number of benzene rings is 3. The second-order valence-electron chi connectivity index (χ2n) is 13.9. The summed E-state index contributed by atoms with van der Waals surface area (Å²) in [4.78, 5) is 11.9. The molecule has 0 aliphatic carbocycles. The van der Waals surface area contributed by atoms with Crippen molar-refractivity contribution in [2.45, 2.75) is 102 Å². The van der Waals surface area contributed by atoms with Crippen molar-refractivity contribution >= 4 is 5.97 Å². The summed E-state index contributed by atoms with van der Waals surface area (Å²) in [5, 5.41) is 0. The van der Waals surface area contributed by atoms with Crippen LogP contribution in [0.15, 0.2) is 91.0 Å². The fourth-order valence-corrected chi connectivity index (χ4v) is 6.58. The van der Waals surface area contributed by atoms with Gasteiger partial charge in [0.2, 0.25) is 0 Å². The molecule has 0 N–H and O–H groups in total. The molecule has 0 aliphatic rings. The summed E-state index contributed by atoms with van der Waals surface area (Å²) in [5.41, 5.74) is 2.46. The third-order valence-electron chi connectivity index (χ3n) is 9.55. The number of unbranched alkanes of at least 4 members (excludes halogenated alkanes) is 12. The van der Waals surface area contributed by atoms with Gasteiger partial charge < -0.3 is 33.2 Å². The quantitative estimate of drug-likeness (QED) is 0.0329. The van der Waals surface area contributed by atoms with Gasteiger partial charge in [-0.05, 0) is 23.1 Å². The molecule has 3 rings (SSSR count). The highest BCUT2D eigenvalue weighted by atomic mass is 16.6. The minimum atomic E-state index is -0.751. The average Bonchev–Trinajstić information content (AvgIpc) is 3.23. The van der Waals surface area contributed by atoms with Crippen LogP contribution < -0.4 is 0 Å². The predicted molar refractivity (Wildman–Crippen MR) is 221 cm³/mol. The highest BCUT2D eigenvalue weighted by Crippen LogP contribution is 2.40. The summed E-state index contributed by atoms with van der Waals surface area (Å²) < 4.78 is 40.2. The third kappa shape index (κ3) is 20.6. The molecule has 0 radical (unpaired) electrons. The Morgan fingerprint density at radius 3 is 1.07 bits per heavy atom. The number of ether oxygens (including phenoxy) is 7. The van der Waals surface area contributed by atoms with Crippen molar-refractivity contribution in [3.8, 4) is 0 Å². The number of carbonyl (C=O) groups excluding carboxylic acids is 1. The zero-order valence-corrected chi connectivity index (χ0v) is 33.8. The molecule has 0 fully saturated rings. The molecule has 306 valence electrons. The van der Waals surface area contributed by atoms with Crippen molar-refractivity contribution in [3.63, 3.8) is 0 Å². The molecule has 55 heavy (non-hydrogen) atoms. The minimum Gasteiger partial charge on any atom is -0.463 e. The molecule has 8 heteroatoms. The maximum absolute atomic E-state index is 11.9. The van der Waals surface area contributed by atoms with Gasteiger partial charge in [0, 0.05) is 6.42 Å². The van der Waals surface area contributed by atoms with E-state index in [1.807, 2.05) is 54.6 Å². The van der Waals surface area contributed by atoms with Gasteiger partial charge in [-0.3, -0.25) is 4.79 Å². The SMILES string of the molecule is CCCCCCCCCCCCCCCC(=O)OCCOCCOCCOCCOCCOCCOC(c1ccccc1)(c1ccccc1)c1ccccc1. The normalized spacial score (nSPS) is 11.6. The van der Waals surface area contributed by atoms with Crippen molar-refractivity contribution < 1.29 is 38.0 Å². The van der Waals surface area contributed by atoms with Gasteiger partial charge in [0.05, 0.1) is 72.7 Å². The van der Waals surface area contributed by atoms with Crippen LogP contribution in [0.5, 0.6) is 0 Å². The second-order valence-corrected chi connectivity index (χ2v) is 13.9. The van der Waals surface area contributed by atoms with Crippen molar-refractivity contribution in [1.82, 2.24) is 0 Å². The molecule has 3 aromatic rings. The summed E-state index contributed by atoms with van der Waals surface area (Å²) in [6.07, 6.45) is 17.3. The summed E-state index contributed by atoms with van der Waals surface area (Å²) in [6, 6.07) is 31.0. The molecule has 0 bridgehead atoms. The van der Waals surface area contributed by atoms with Crippen molar-refractivity contribution in [1.29, 1.82) is 0 Å². The number of hydrogen-bond acceptors (Lipinski definition) is 8. The standard InChI is InChI=1S/C47H70O8/c1-2-3-4-5-6-7-8-9-10-11-12-13-23-30-46(48)54-41-39-52-37-35-50-33-31-49-32-34-51-36-38-53-40-42-55-47(43-24-17-14-18-25-43,44-26-19-15-20-27-44)45-28-21-16-22-29-45/h14-22,24-29H,2-13,23,30-42H2,1H3. The molecule has 0 atom stereocenters. The van der Waals surface area contributed by atoms with E-state index < -0.39 is 5.60 Å². The lowest BCUT2D eigenvalue weighted by Crippen LogP contribution is -2.34. The molecular weight excluding hydrogens is 693 g/mol. The highest BCUT2D eigenvalue weighted by Gasteiger charge is 2.37. The topological polar surface area (TPSA) is 81.7 Å². The third-order valence-corrected chi connectivity index (χ3v) is 9.55. The summed E-state index contributed by atoms with van der Waals surface area (Å²) in [7, 11) is 0. The molecule has 0 saturated carbocycles. The summed E-state index contributed by atoms with van der Waals surface area (Å²) >= 11 is 0. The van der Waals surface area contributed by atoms with Gasteiger partial charge in [-0.15, -0.1) is 0 Å². The van der Waals surface area contributed by atoms with E-state index in [9.17, 15) is 4.79 Å². The van der Waals surface area contributed by atoms with Gasteiger partial charge in [0.15, 0.2) is 0 Å². The minimum absolute atomic E-state index is 0.130. The first-order chi connectivity index (χ1) is 27.3. The average molecular weight is 763 g/mol. The molecule has 0 saturated heterocycles. The zero-order valence-electron chi connectivity index (χ0n) is 33.8. The zero-order chi connectivity index (χ0) is 38.8. The molecular formula is C47H70O8. The molecule has 0 spiro atoms. The van der Waals surface area contributed by atoms with Gasteiger partial charge in [-0.1, -0.05) is 175 Å². The Morgan fingerprint density at radius 2 is 0.709 bits per heavy atom. The first kappa shape index (κ1) is 46.3. The first-order valence-corrected chi connectivity index (χ1v) is 21.1. The van der Waals surface area contributed by atoms with Crippen LogP contribution in [-0.4, -0.2) is 85.3 Å². The van der Waals surface area contributed by atoms with Crippen LogP contribution in [0.25, 0.3) is 0 Å². The Hall–Kier alpha value is -3.11. The Labute approximate surface area is 332 Å². The van der Waals surface area contributed by atoms with Crippen LogP contribution in [0, 0.1) is 0 Å². The summed E-state index contributed by atoms with van der Waals surface area (Å²) in [5.74, 6) is -0.130. The van der Waals surface area contributed by atoms with E-state index >= 15 is 0 Å². The maximum atomic E-state index is 11.9. The van der Waals surface area contributed by atoms with Crippen LogP contribution in [0.3, 0.4) is 0 Å². The van der Waals surface area contributed by atoms with Crippen LogP contribution >= 0.6 is 0 Å². The Bertz CT molecular complexity index is 1190. The molecule has 8 nitrogen and oxygen atoms in total. The van der Waals surface area contributed by atoms with Gasteiger partial charge >= 0.3 is 5.97 Å². The Morgan fingerprint density at radius 1 is 0.400 bits per heavy atom. The Kier molecular flexibility index (Phi) is 26.9. The van der Waals surface area contributed by atoms with Gasteiger partial charge in [0.25, 0.3) is 0 Å². The largest absolute Gasteiger partial charge is 0.463 e. The van der Waals surface area contributed by atoms with E-state index in [0.717, 1.165) is 29.5 Å². The van der Waals surface area contributed by atoms with E-state index in [4.69, 9.17) is 33.2 Å². The molecule has 0 aromatic heterocycles. The van der Waals surface area contributed by atoms with Crippen LogP contribution in [0.2, 0.25) is 0 Å². The summed E-state index contributed by atoms with van der Waals surface area (Å²) in [6.45, 7) is 7.62. The van der Waals surface area contributed by atoms with E-state index in [-0.39, 0.29) is 12.6 Å². The highest BCUT2D eigenvalue weighted by molar-refractivity contribution is 5.69. The van der Waals surface area contributed by atoms with Crippen LogP contribution in [0.4, 0.5) is 0 Å². The van der Waals surface area contributed by atoms with Crippen LogP contribution in [-0.2, 0) is 43.6 Å². The lowest BCUT2D eigenvalue weighted by Gasteiger charge is -2.36. The van der Waals surface area contributed by atoms with Crippen molar-refractivity contribution in [2.24, 2.45) is 0 Å². The van der Waals surface area contributed by atoms with Gasteiger partial charge in [0.1, 0.15) is 12.2 Å². The van der Waals surface area contributed by atoms with E-state index in [1.54, 1.807) is 0 Å². The van der Waals surface area contributed by atoms with E-state index in [1.165, 1.54) is 70.6 Å². The first-order valence-electron chi connectivity index (χ1n) is 21.1. The predicted octanol–water partition coefficient (Wildman–Crippen LogP) is 10.1. The monoisotopic (exact) mass is 763 g/mol. The molecule has 0 heterocycles. The maximum Gasteiger partial charge on any atom is 0.305 e. The Balaban J connectivity index is 1.08. The van der Waals surface area contributed by atoms with Crippen molar-refractivity contribution in [3.05, 3.63) is 108 Å². The smallest absolute Gasteiger partial charge is 0.305 e. The number of esters is 1. The van der Waals surface area contributed by atoms with E-state index in [0.29, 0.717) is 79.1 Å². The fourth-order valence-electron chi connectivity index (χ4n) is 6.58. The second kappa shape index (κ2) is 32.0. The molecule has 0 amide bonds. The lowest BCUT2D eigenvalue weighted by molar-refractivity contribution is -0.145. The molecule has 0 aliphatic heterocycles. The van der Waals surface area contributed by atoms with Gasteiger partial charge in [-0.25, -0.2) is 0 Å². The van der Waals surface area contributed by atoms with Gasteiger partial charge in [-0.2, -0.15) is 0 Å². The fraction of sp³-hybridized carbons (Fsp3) is 0.596. The van der Waals surface area contributed by atoms with E-state index in [2.05, 4.69) is 43.3 Å². The lowest BCUT2D eigenvalue weighted by atomic mass is 9.80. The number of carbonyl (C=O) groups is 1. The number of rotatable bonds is 36. The van der Waals surface area contributed by atoms with Crippen LogP contribution in [0.1, 0.15) is 114 Å². The van der Waals surface area contributed by atoms with Crippen molar-refractivity contribution in [2.75, 3.05) is 79.3 Å². The molecule has 3 aromatic carbocycles. The molecule has 0 unspecified atom stereocenters. The number of hydrogen-bond donors (Lipinski definition) is 0.